The third kappa shape index (κ3) is 3.92. The predicted molar refractivity (Wildman–Crippen MR) is 75.4 cm³/mol. The average Bonchev–Trinajstić information content (AvgIpc) is 2.84. The van der Waals surface area contributed by atoms with Gasteiger partial charge in [-0.05, 0) is 22.0 Å². The Labute approximate surface area is 117 Å². The lowest BCUT2D eigenvalue weighted by Gasteiger charge is -2.09. The molecule has 0 radical (unpaired) electrons. The molecule has 2 heterocycles. The maximum Gasteiger partial charge on any atom is 0.238 e. The molecule has 1 aromatic heterocycles. The van der Waals surface area contributed by atoms with Gasteiger partial charge in [0.1, 0.15) is 0 Å². The molecule has 3 nitrogen and oxygen atoms in total. The number of hydrogen-bond donors (Lipinski definition) is 2. The molecular formula is C9H12BrClN2OS2. The summed E-state index contributed by atoms with van der Waals surface area (Å²) in [5, 5.41) is 8.09. The molecule has 0 aromatic carbocycles. The first kappa shape index (κ1) is 14.3. The summed E-state index contributed by atoms with van der Waals surface area (Å²) in [6, 6.07) is 2.01. The number of carbonyl (C=O) groups is 1. The highest BCUT2D eigenvalue weighted by Crippen LogP contribution is 2.19. The lowest BCUT2D eigenvalue weighted by atomic mass is 10.3. The van der Waals surface area contributed by atoms with Gasteiger partial charge in [-0.3, -0.25) is 10.1 Å². The Morgan fingerprint density at radius 2 is 2.50 bits per heavy atom. The molecule has 0 aliphatic carbocycles. The minimum Gasteiger partial charge on any atom is -0.350 e. The fraction of sp³-hybridized carbons (Fsp3) is 0.444. The summed E-state index contributed by atoms with van der Waals surface area (Å²) >= 11 is 6.79. The summed E-state index contributed by atoms with van der Waals surface area (Å²) in [6.45, 7) is 0.623. The van der Waals surface area contributed by atoms with Crippen LogP contribution in [0.25, 0.3) is 0 Å². The van der Waals surface area contributed by atoms with Crippen LogP contribution >= 0.6 is 51.4 Å². The zero-order valence-electron chi connectivity index (χ0n) is 8.36. The van der Waals surface area contributed by atoms with Crippen LogP contribution in [0.3, 0.4) is 0 Å². The van der Waals surface area contributed by atoms with Gasteiger partial charge < -0.3 is 5.32 Å². The Balaban J connectivity index is 0.00000128. The minimum atomic E-state index is -0.0154. The summed E-state index contributed by atoms with van der Waals surface area (Å²) in [5.74, 6) is 1.85. The monoisotopic (exact) mass is 342 g/mol. The zero-order chi connectivity index (χ0) is 10.7. The second-order valence-corrected chi connectivity index (χ2v) is 6.16. The third-order valence-corrected chi connectivity index (χ3v) is 4.73. The summed E-state index contributed by atoms with van der Waals surface area (Å²) in [5.41, 5.74) is 0. The third-order valence-electron chi connectivity index (χ3n) is 2.09. The second-order valence-electron chi connectivity index (χ2n) is 3.22. The van der Waals surface area contributed by atoms with Crippen molar-refractivity contribution in [3.05, 3.63) is 20.8 Å². The second kappa shape index (κ2) is 6.86. The molecule has 1 aliphatic rings. The Morgan fingerprint density at radius 1 is 1.69 bits per heavy atom. The fourth-order valence-electron chi connectivity index (χ4n) is 1.31. The van der Waals surface area contributed by atoms with Crippen molar-refractivity contribution in [2.75, 3.05) is 11.6 Å². The van der Waals surface area contributed by atoms with Crippen LogP contribution < -0.4 is 10.6 Å². The molecule has 1 atom stereocenters. The maximum atomic E-state index is 11.6. The number of thiophene rings is 1. The van der Waals surface area contributed by atoms with Gasteiger partial charge in [0, 0.05) is 26.4 Å². The van der Waals surface area contributed by atoms with E-state index < -0.39 is 0 Å². The van der Waals surface area contributed by atoms with Gasteiger partial charge in [-0.15, -0.1) is 35.5 Å². The van der Waals surface area contributed by atoms with E-state index in [1.54, 1.807) is 23.1 Å². The van der Waals surface area contributed by atoms with E-state index >= 15 is 0 Å². The Kier molecular flexibility index (Phi) is 6.13. The predicted octanol–water partition coefficient (Wildman–Crippen LogP) is 2.21. The highest BCUT2D eigenvalue weighted by molar-refractivity contribution is 9.10. The van der Waals surface area contributed by atoms with E-state index in [1.807, 2.05) is 11.4 Å². The normalized spacial score (nSPS) is 19.2. The summed E-state index contributed by atoms with van der Waals surface area (Å²) in [7, 11) is 0. The molecule has 16 heavy (non-hydrogen) atoms. The molecule has 1 aliphatic heterocycles. The van der Waals surface area contributed by atoms with Crippen molar-refractivity contribution >= 4 is 57.3 Å². The molecule has 1 aromatic rings. The molecular weight excluding hydrogens is 332 g/mol. The summed E-state index contributed by atoms with van der Waals surface area (Å²) in [6.07, 6.45) is 0. The molecule has 1 fully saturated rings. The number of amides is 1. The van der Waals surface area contributed by atoms with Gasteiger partial charge in [0.25, 0.3) is 0 Å². The van der Waals surface area contributed by atoms with Crippen molar-refractivity contribution in [2.24, 2.45) is 0 Å². The lowest BCUT2D eigenvalue weighted by molar-refractivity contribution is -0.122. The first-order valence-electron chi connectivity index (χ1n) is 4.57. The van der Waals surface area contributed by atoms with E-state index in [0.717, 1.165) is 16.1 Å². The Bertz CT molecular complexity index is 355. The van der Waals surface area contributed by atoms with E-state index in [2.05, 4.69) is 26.6 Å². The van der Waals surface area contributed by atoms with Gasteiger partial charge in [-0.2, -0.15) is 0 Å². The molecule has 2 rings (SSSR count). The number of nitrogens with one attached hydrogen (secondary N) is 2. The van der Waals surface area contributed by atoms with E-state index in [-0.39, 0.29) is 24.4 Å². The van der Waals surface area contributed by atoms with Crippen molar-refractivity contribution in [1.82, 2.24) is 10.6 Å². The molecule has 0 saturated carbocycles. The SMILES string of the molecule is Cl.O=C(NCc1cc(Br)cs1)C1CSCN1. The number of rotatable bonds is 3. The molecule has 1 unspecified atom stereocenters. The molecule has 7 heteroatoms. The number of halogens is 2. The van der Waals surface area contributed by atoms with Crippen LogP contribution in [0.1, 0.15) is 4.88 Å². The van der Waals surface area contributed by atoms with Crippen LogP contribution in [0.5, 0.6) is 0 Å². The van der Waals surface area contributed by atoms with E-state index in [1.165, 1.54) is 4.88 Å². The van der Waals surface area contributed by atoms with Crippen molar-refractivity contribution in [2.45, 2.75) is 12.6 Å². The van der Waals surface area contributed by atoms with Gasteiger partial charge in [0.2, 0.25) is 5.91 Å². The van der Waals surface area contributed by atoms with Crippen LogP contribution in [-0.2, 0) is 11.3 Å². The summed E-state index contributed by atoms with van der Waals surface area (Å²) in [4.78, 5) is 12.8. The van der Waals surface area contributed by atoms with E-state index in [0.29, 0.717) is 6.54 Å². The highest BCUT2D eigenvalue weighted by atomic mass is 79.9. The average molecular weight is 344 g/mol. The molecule has 1 amide bonds. The topological polar surface area (TPSA) is 41.1 Å². The van der Waals surface area contributed by atoms with Crippen LogP contribution in [0.2, 0.25) is 0 Å². The molecule has 90 valence electrons. The van der Waals surface area contributed by atoms with Gasteiger partial charge in [-0.25, -0.2) is 0 Å². The molecule has 1 saturated heterocycles. The van der Waals surface area contributed by atoms with E-state index in [9.17, 15) is 4.79 Å². The fourth-order valence-corrected chi connectivity index (χ4v) is 3.64. The molecule has 0 bridgehead atoms. The van der Waals surface area contributed by atoms with Crippen LogP contribution in [0, 0.1) is 0 Å². The maximum absolute atomic E-state index is 11.6. The van der Waals surface area contributed by atoms with Crippen molar-refractivity contribution in [3.63, 3.8) is 0 Å². The van der Waals surface area contributed by atoms with Crippen molar-refractivity contribution < 1.29 is 4.79 Å². The van der Waals surface area contributed by atoms with Crippen LogP contribution in [-0.4, -0.2) is 23.6 Å². The Hall–Kier alpha value is 0.250. The van der Waals surface area contributed by atoms with Crippen LogP contribution in [0.15, 0.2) is 15.9 Å². The largest absolute Gasteiger partial charge is 0.350 e. The smallest absolute Gasteiger partial charge is 0.238 e. The first-order valence-corrected chi connectivity index (χ1v) is 7.40. The first-order chi connectivity index (χ1) is 7.25. The van der Waals surface area contributed by atoms with Gasteiger partial charge in [-0.1, -0.05) is 0 Å². The highest BCUT2D eigenvalue weighted by Gasteiger charge is 2.21. The number of thioether (sulfide) groups is 1. The standard InChI is InChI=1S/C9H11BrN2OS2.ClH/c10-6-1-7(15-3-6)2-11-9(13)8-4-14-5-12-8;/h1,3,8,12H,2,4-5H2,(H,11,13);1H. The number of hydrogen-bond acceptors (Lipinski definition) is 4. The molecule has 0 spiro atoms. The zero-order valence-corrected chi connectivity index (χ0v) is 12.4. The van der Waals surface area contributed by atoms with Crippen LogP contribution in [0.4, 0.5) is 0 Å². The Morgan fingerprint density at radius 3 is 3.06 bits per heavy atom. The summed E-state index contributed by atoms with van der Waals surface area (Å²) < 4.78 is 1.08. The molecule has 2 N–H and O–H groups in total. The van der Waals surface area contributed by atoms with Gasteiger partial charge in [0.15, 0.2) is 0 Å². The number of carbonyl (C=O) groups excluding carboxylic acids is 1. The quantitative estimate of drug-likeness (QED) is 0.884. The van der Waals surface area contributed by atoms with E-state index in [4.69, 9.17) is 0 Å². The lowest BCUT2D eigenvalue weighted by Crippen LogP contribution is -2.41. The van der Waals surface area contributed by atoms with Crippen molar-refractivity contribution in [1.29, 1.82) is 0 Å². The van der Waals surface area contributed by atoms with Gasteiger partial charge in [0.05, 0.1) is 12.6 Å². The van der Waals surface area contributed by atoms with Gasteiger partial charge >= 0.3 is 0 Å². The minimum absolute atomic E-state index is 0. The van der Waals surface area contributed by atoms with Crippen molar-refractivity contribution in [3.8, 4) is 0 Å².